The molecular weight excluding hydrogens is 143 g/mol. The molecule has 1 aliphatic rings. The monoisotopic (exact) mass is 150 g/mol. The smallest absolute Gasteiger partial charge is 0.532 e. The molecule has 1 aliphatic carbocycles. The summed E-state index contributed by atoms with van der Waals surface area (Å²) in [7, 11) is 0. The van der Waals surface area contributed by atoms with E-state index in [1.165, 1.54) is 6.42 Å². The van der Waals surface area contributed by atoms with Crippen LogP contribution in [0.1, 0.15) is 13.3 Å². The maximum atomic E-state index is 10.5. The van der Waals surface area contributed by atoms with Gasteiger partial charge in [-0.2, -0.15) is 6.42 Å². The maximum absolute atomic E-state index is 10.5. The molecule has 0 radical (unpaired) electrons. The van der Waals surface area contributed by atoms with Crippen molar-refractivity contribution in [1.82, 2.24) is 0 Å². The fraction of sp³-hybridized carbons (Fsp3) is 0.333. The number of aliphatic hydroxyl groups excluding tert-OH is 1. The molecule has 44 valence electrons. The van der Waals surface area contributed by atoms with E-state index >= 15 is 0 Å². The molecule has 0 unspecified atom stereocenters. The minimum absolute atomic E-state index is 0. The van der Waals surface area contributed by atoms with Crippen molar-refractivity contribution in [2.75, 3.05) is 0 Å². The van der Waals surface area contributed by atoms with E-state index in [2.05, 4.69) is 0 Å². The summed E-state index contributed by atoms with van der Waals surface area (Å²) in [5.41, 5.74) is 0.491. The number of allylic oxidation sites excluding steroid dienone is 2. The Labute approximate surface area is 96.7 Å². The summed E-state index contributed by atoms with van der Waals surface area (Å²) >= 11 is 0. The van der Waals surface area contributed by atoms with Crippen LogP contribution in [0.15, 0.2) is 11.3 Å². The Morgan fingerprint density at radius 2 is 2.22 bits per heavy atom. The average Bonchev–Trinajstić information content (AvgIpc) is 1.98. The normalized spacial score (nSPS) is 17.2. The second-order valence-electron chi connectivity index (χ2n) is 1.84. The fourth-order valence-electron chi connectivity index (χ4n) is 0.638. The molecule has 0 amide bonds. The molecule has 3 heteroatoms. The van der Waals surface area contributed by atoms with Gasteiger partial charge in [0.15, 0.2) is 0 Å². The zero-order valence-corrected chi connectivity index (χ0v) is 8.76. The average molecular weight is 150 g/mol. The first-order chi connectivity index (χ1) is 3.72. The molecule has 9 heavy (non-hydrogen) atoms. The predicted molar refractivity (Wildman–Crippen MR) is 29.3 cm³/mol. The topological polar surface area (TPSA) is 37.3 Å². The number of hydrogen-bond acceptors (Lipinski definition) is 2. The summed E-state index contributed by atoms with van der Waals surface area (Å²) in [5, 5.41) is 8.80. The van der Waals surface area contributed by atoms with E-state index in [0.29, 0.717) is 12.0 Å². The number of carbonyl (C=O) groups excluding carboxylic acids is 1. The van der Waals surface area contributed by atoms with Gasteiger partial charge in [-0.15, -0.1) is 12.5 Å². The Kier molecular flexibility index (Phi) is 4.08. The summed E-state index contributed by atoms with van der Waals surface area (Å²) in [6, 6.07) is 0. The van der Waals surface area contributed by atoms with Gasteiger partial charge in [0.1, 0.15) is 0 Å². The van der Waals surface area contributed by atoms with Crippen molar-refractivity contribution in [3.63, 3.8) is 0 Å². The zero-order chi connectivity index (χ0) is 6.15. The van der Waals surface area contributed by atoms with Crippen LogP contribution in [0.3, 0.4) is 0 Å². The molecule has 0 saturated heterocycles. The SMILES string of the molecule is CC1=C(O)C[CH-]C1=O.[K+]. The molecule has 0 fully saturated rings. The molecule has 0 aromatic carbocycles. The first kappa shape index (κ1) is 9.72. The van der Waals surface area contributed by atoms with E-state index in [0.717, 1.165) is 0 Å². The molecule has 0 atom stereocenters. The van der Waals surface area contributed by atoms with E-state index < -0.39 is 0 Å². The first-order valence-corrected chi connectivity index (χ1v) is 2.48. The standard InChI is InChI=1S/C6H7O2.K/c1-4-5(7)2-3-6(4)8;/h2,8H,3H2,1H3;/q-1;+1. The summed E-state index contributed by atoms with van der Waals surface area (Å²) in [4.78, 5) is 10.5. The third-order valence-corrected chi connectivity index (χ3v) is 1.28. The van der Waals surface area contributed by atoms with Crippen LogP contribution < -0.4 is 51.4 Å². The molecule has 0 saturated carbocycles. The molecule has 0 aliphatic heterocycles. The van der Waals surface area contributed by atoms with Crippen molar-refractivity contribution in [1.29, 1.82) is 0 Å². The van der Waals surface area contributed by atoms with E-state index in [1.54, 1.807) is 6.92 Å². The van der Waals surface area contributed by atoms with Crippen molar-refractivity contribution in [3.8, 4) is 0 Å². The van der Waals surface area contributed by atoms with Gasteiger partial charge in [0.25, 0.3) is 0 Å². The van der Waals surface area contributed by atoms with Gasteiger partial charge in [-0.1, -0.05) is 6.42 Å². The maximum Gasteiger partial charge on any atom is 1.00 e. The third-order valence-electron chi connectivity index (χ3n) is 1.28. The number of carbonyl (C=O) groups is 1. The van der Waals surface area contributed by atoms with E-state index in [1.807, 2.05) is 0 Å². The van der Waals surface area contributed by atoms with Crippen molar-refractivity contribution in [2.24, 2.45) is 0 Å². The minimum atomic E-state index is -0.0394. The van der Waals surface area contributed by atoms with Gasteiger partial charge in [0, 0.05) is 11.5 Å². The molecule has 0 bridgehead atoms. The van der Waals surface area contributed by atoms with Gasteiger partial charge in [-0.3, -0.25) is 0 Å². The van der Waals surface area contributed by atoms with Crippen LogP contribution in [0.4, 0.5) is 0 Å². The summed E-state index contributed by atoms with van der Waals surface area (Å²) in [6.45, 7) is 1.63. The molecule has 0 aromatic heterocycles. The zero-order valence-electron chi connectivity index (χ0n) is 5.64. The predicted octanol–water partition coefficient (Wildman–Crippen LogP) is -2.00. The van der Waals surface area contributed by atoms with Crippen molar-refractivity contribution >= 4 is 5.78 Å². The van der Waals surface area contributed by atoms with Crippen LogP contribution in [0.5, 0.6) is 0 Å². The summed E-state index contributed by atoms with van der Waals surface area (Å²) in [5.74, 6) is 0.178. The van der Waals surface area contributed by atoms with Gasteiger partial charge in [-0.05, 0) is 0 Å². The number of Topliss-reactive ketones (excluding diaryl/α,β-unsaturated/α-hetero) is 1. The fourth-order valence-corrected chi connectivity index (χ4v) is 0.638. The van der Waals surface area contributed by atoms with Gasteiger partial charge in [0.05, 0.1) is 0 Å². The molecule has 1 rings (SSSR count). The van der Waals surface area contributed by atoms with Crippen LogP contribution in [-0.2, 0) is 4.79 Å². The summed E-state index contributed by atoms with van der Waals surface area (Å²) < 4.78 is 0. The Bertz CT molecular complexity index is 160. The van der Waals surface area contributed by atoms with Crippen molar-refractivity contribution in [2.45, 2.75) is 13.3 Å². The second-order valence-corrected chi connectivity index (χ2v) is 1.84. The molecule has 0 heterocycles. The molecule has 2 nitrogen and oxygen atoms in total. The largest absolute Gasteiger partial charge is 1.00 e. The Morgan fingerprint density at radius 3 is 2.33 bits per heavy atom. The number of aliphatic hydroxyl groups is 1. The Hall–Kier alpha value is 0.716. The Morgan fingerprint density at radius 1 is 1.67 bits per heavy atom. The third kappa shape index (κ3) is 2.09. The van der Waals surface area contributed by atoms with E-state index in [4.69, 9.17) is 5.11 Å². The van der Waals surface area contributed by atoms with Crippen LogP contribution in [-0.4, -0.2) is 10.9 Å². The minimum Gasteiger partial charge on any atom is -0.532 e. The van der Waals surface area contributed by atoms with Gasteiger partial charge in [-0.25, -0.2) is 0 Å². The molecule has 0 spiro atoms. The van der Waals surface area contributed by atoms with Gasteiger partial charge in [0.2, 0.25) is 0 Å². The van der Waals surface area contributed by atoms with Crippen molar-refractivity contribution < 1.29 is 61.3 Å². The number of hydrogen-bond donors (Lipinski definition) is 1. The van der Waals surface area contributed by atoms with E-state index in [9.17, 15) is 4.79 Å². The van der Waals surface area contributed by atoms with Crippen LogP contribution >= 0.6 is 0 Å². The first-order valence-electron chi connectivity index (χ1n) is 2.48. The van der Waals surface area contributed by atoms with Gasteiger partial charge >= 0.3 is 51.4 Å². The number of rotatable bonds is 0. The van der Waals surface area contributed by atoms with Crippen LogP contribution in [0, 0.1) is 6.42 Å². The van der Waals surface area contributed by atoms with Crippen molar-refractivity contribution in [3.05, 3.63) is 17.8 Å². The quantitative estimate of drug-likeness (QED) is 0.320. The molecular formula is C6H7KO2. The van der Waals surface area contributed by atoms with Gasteiger partial charge < -0.3 is 9.90 Å². The van der Waals surface area contributed by atoms with Crippen LogP contribution in [0.25, 0.3) is 0 Å². The second kappa shape index (κ2) is 3.78. The molecule has 1 N–H and O–H groups in total. The van der Waals surface area contributed by atoms with Crippen LogP contribution in [0.2, 0.25) is 0 Å². The summed E-state index contributed by atoms with van der Waals surface area (Å²) in [6.07, 6.45) is 1.90. The molecule has 0 aromatic rings. The number of ketones is 1. The Balaban J connectivity index is 0.000000640. The van der Waals surface area contributed by atoms with E-state index in [-0.39, 0.29) is 62.9 Å².